The molecule has 4 rings (SSSR count). The van der Waals surface area contributed by atoms with Gasteiger partial charge in [-0.1, -0.05) is 42.5 Å². The van der Waals surface area contributed by atoms with Crippen LogP contribution in [-0.2, 0) is 0 Å². The molecule has 5 nitrogen and oxygen atoms in total. The fraction of sp³-hybridized carbons (Fsp3) is 0.143. The van der Waals surface area contributed by atoms with Crippen molar-refractivity contribution in [3.63, 3.8) is 0 Å². The van der Waals surface area contributed by atoms with Gasteiger partial charge in [0, 0.05) is 11.4 Å². The molecule has 4 aromatic rings. The summed E-state index contributed by atoms with van der Waals surface area (Å²) in [5, 5.41) is 8.12. The van der Waals surface area contributed by atoms with Gasteiger partial charge in [-0.2, -0.15) is 4.68 Å². The molecule has 0 atom stereocenters. The number of nitrogens with zero attached hydrogens (tertiary/aromatic N) is 2. The summed E-state index contributed by atoms with van der Waals surface area (Å²) in [7, 11) is 0. The van der Waals surface area contributed by atoms with E-state index in [1.165, 1.54) is 28.2 Å². The van der Waals surface area contributed by atoms with E-state index in [-0.39, 0.29) is 11.4 Å². The summed E-state index contributed by atoms with van der Waals surface area (Å²) in [5.74, 6) is -0.334. The lowest BCUT2D eigenvalue weighted by molar-refractivity contribution is 0.628. The van der Waals surface area contributed by atoms with Crippen molar-refractivity contribution in [1.29, 1.82) is 0 Å². The first-order chi connectivity index (χ1) is 13.6. The first-order valence-electron chi connectivity index (χ1n) is 8.97. The lowest BCUT2D eigenvalue weighted by Crippen LogP contribution is -2.38. The predicted octanol–water partition coefficient (Wildman–Crippen LogP) is 3.35. The first kappa shape index (κ1) is 18.2. The maximum Gasteiger partial charge on any atom is 0.282 e. The molecule has 0 aliphatic rings. The monoisotopic (exact) mass is 394 g/mol. The number of hydrogen-bond donors (Lipinski definition) is 2. The minimum Gasteiger partial charge on any atom is -0.358 e. The zero-order valence-electron chi connectivity index (χ0n) is 15.5. The van der Waals surface area contributed by atoms with Crippen molar-refractivity contribution in [2.45, 2.75) is 20.3 Å². The number of anilines is 1. The van der Waals surface area contributed by atoms with E-state index >= 15 is 0 Å². The van der Waals surface area contributed by atoms with Gasteiger partial charge in [0.1, 0.15) is 5.82 Å². The van der Waals surface area contributed by atoms with Gasteiger partial charge >= 0.3 is 0 Å². The van der Waals surface area contributed by atoms with Crippen LogP contribution in [0.2, 0.25) is 0 Å². The van der Waals surface area contributed by atoms with E-state index < -0.39 is 0 Å². The normalized spacial score (nSPS) is 13.2. The summed E-state index contributed by atoms with van der Waals surface area (Å²) < 4.78 is 16.0. The summed E-state index contributed by atoms with van der Waals surface area (Å²) in [4.78, 5) is 17.8. The SMILES string of the molecule is CCC=c1[nH]n(-c2nc3ccccc3s2)c(=O)c1=C(C)Nc1cccc(F)c1. The molecule has 0 spiro atoms. The molecule has 0 aliphatic carbocycles. The van der Waals surface area contributed by atoms with Crippen molar-refractivity contribution in [1.82, 2.24) is 14.8 Å². The Balaban J connectivity index is 1.90. The Morgan fingerprint density at radius 1 is 1.29 bits per heavy atom. The van der Waals surface area contributed by atoms with E-state index in [1.54, 1.807) is 12.1 Å². The highest BCUT2D eigenvalue weighted by Crippen LogP contribution is 2.22. The number of fused-ring (bicyclic) bond motifs is 1. The number of H-pyrrole nitrogens is 1. The van der Waals surface area contributed by atoms with Crippen LogP contribution in [0.25, 0.3) is 27.1 Å². The Morgan fingerprint density at radius 2 is 2.11 bits per heavy atom. The molecule has 0 aliphatic heterocycles. The van der Waals surface area contributed by atoms with Crippen LogP contribution in [0.3, 0.4) is 0 Å². The van der Waals surface area contributed by atoms with Gasteiger partial charge < -0.3 is 5.32 Å². The largest absolute Gasteiger partial charge is 0.358 e. The second-order valence-corrected chi connectivity index (χ2v) is 7.39. The van der Waals surface area contributed by atoms with Gasteiger partial charge in [-0.15, -0.1) is 0 Å². The minimum absolute atomic E-state index is 0.194. The summed E-state index contributed by atoms with van der Waals surface area (Å²) in [6, 6.07) is 13.9. The second-order valence-electron chi connectivity index (χ2n) is 6.38. The van der Waals surface area contributed by atoms with Crippen molar-refractivity contribution in [2.24, 2.45) is 0 Å². The highest BCUT2D eigenvalue weighted by atomic mass is 32.1. The van der Waals surface area contributed by atoms with E-state index in [9.17, 15) is 9.18 Å². The molecule has 0 bridgehead atoms. The average molecular weight is 394 g/mol. The van der Waals surface area contributed by atoms with Gasteiger partial charge in [-0.05, 0) is 43.7 Å². The fourth-order valence-corrected chi connectivity index (χ4v) is 4.03. The Bertz CT molecular complexity index is 1300. The Kier molecular flexibility index (Phi) is 4.83. The third-order valence-electron chi connectivity index (χ3n) is 4.33. The maximum atomic E-state index is 13.5. The number of thiazole rings is 1. The van der Waals surface area contributed by atoms with Crippen molar-refractivity contribution < 1.29 is 4.39 Å². The number of nitrogens with one attached hydrogen (secondary N) is 2. The molecule has 28 heavy (non-hydrogen) atoms. The molecule has 2 aromatic carbocycles. The lowest BCUT2D eigenvalue weighted by Gasteiger charge is -2.05. The smallest absolute Gasteiger partial charge is 0.282 e. The molecular weight excluding hydrogens is 375 g/mol. The maximum absolute atomic E-state index is 13.5. The topological polar surface area (TPSA) is 62.7 Å². The van der Waals surface area contributed by atoms with Crippen molar-refractivity contribution in [3.8, 4) is 5.13 Å². The van der Waals surface area contributed by atoms with Crippen LogP contribution >= 0.6 is 11.3 Å². The van der Waals surface area contributed by atoms with E-state index in [0.29, 0.717) is 27.1 Å². The summed E-state index contributed by atoms with van der Waals surface area (Å²) >= 11 is 1.45. The predicted molar refractivity (Wildman–Crippen MR) is 113 cm³/mol. The summed E-state index contributed by atoms with van der Waals surface area (Å²) in [5.41, 5.74) is 1.89. The van der Waals surface area contributed by atoms with Crippen LogP contribution in [-0.4, -0.2) is 14.8 Å². The van der Waals surface area contributed by atoms with Crippen molar-refractivity contribution in [2.75, 3.05) is 5.32 Å². The second kappa shape index (κ2) is 7.44. The van der Waals surface area contributed by atoms with Crippen LogP contribution in [0.1, 0.15) is 20.3 Å². The molecule has 2 aromatic heterocycles. The molecular formula is C21H19FN4OS. The van der Waals surface area contributed by atoms with Gasteiger partial charge in [-0.3, -0.25) is 9.89 Å². The van der Waals surface area contributed by atoms with Gasteiger partial charge in [0.2, 0.25) is 5.13 Å². The highest BCUT2D eigenvalue weighted by Gasteiger charge is 2.12. The zero-order chi connectivity index (χ0) is 19.7. The molecule has 2 N–H and O–H groups in total. The van der Waals surface area contributed by atoms with Gasteiger partial charge in [0.25, 0.3) is 5.56 Å². The summed E-state index contributed by atoms with van der Waals surface area (Å²) in [6.07, 6.45) is 2.72. The van der Waals surface area contributed by atoms with Gasteiger partial charge in [0.15, 0.2) is 0 Å². The summed E-state index contributed by atoms with van der Waals surface area (Å²) in [6.45, 7) is 3.82. The highest BCUT2D eigenvalue weighted by molar-refractivity contribution is 7.20. The Hall–Kier alpha value is -3.19. The van der Waals surface area contributed by atoms with Gasteiger partial charge in [-0.25, -0.2) is 9.37 Å². The molecule has 0 fully saturated rings. The molecule has 142 valence electrons. The standard InChI is InChI=1S/C21H19FN4OS/c1-3-7-17-19(13(2)23-15-9-6-8-14(22)12-15)20(27)26(25-17)21-24-16-10-4-5-11-18(16)28-21/h4-12,23,25H,3H2,1-2H3. The number of para-hydroxylation sites is 1. The number of rotatable bonds is 4. The third-order valence-corrected chi connectivity index (χ3v) is 5.35. The van der Waals surface area contributed by atoms with Crippen LogP contribution in [0.4, 0.5) is 10.1 Å². The Labute approximate surface area is 164 Å². The fourth-order valence-electron chi connectivity index (χ4n) is 3.10. The molecule has 0 saturated heterocycles. The minimum atomic E-state index is -0.334. The van der Waals surface area contributed by atoms with E-state index in [1.807, 2.05) is 44.2 Å². The van der Waals surface area contributed by atoms with Crippen LogP contribution in [0.5, 0.6) is 0 Å². The molecule has 0 amide bonds. The number of hydrogen-bond acceptors (Lipinski definition) is 4. The molecule has 7 heteroatoms. The number of aromatic nitrogens is 3. The lowest BCUT2D eigenvalue weighted by atomic mass is 10.2. The van der Waals surface area contributed by atoms with Crippen LogP contribution < -0.4 is 21.4 Å². The quantitative estimate of drug-likeness (QED) is 0.558. The number of halogens is 1. The van der Waals surface area contributed by atoms with Gasteiger partial charge in [0.05, 0.1) is 20.8 Å². The number of benzene rings is 2. The van der Waals surface area contributed by atoms with Crippen molar-refractivity contribution >= 4 is 39.0 Å². The molecule has 2 heterocycles. The van der Waals surface area contributed by atoms with Crippen LogP contribution in [0.15, 0.2) is 53.3 Å². The molecule has 0 radical (unpaired) electrons. The third kappa shape index (κ3) is 3.36. The molecule has 0 unspecified atom stereocenters. The average Bonchev–Trinajstić information content (AvgIpc) is 3.23. The number of aromatic amines is 1. The van der Waals surface area contributed by atoms with Crippen LogP contribution in [0, 0.1) is 5.82 Å². The van der Waals surface area contributed by atoms with Crippen molar-refractivity contribution in [3.05, 3.63) is 75.3 Å². The van der Waals surface area contributed by atoms with E-state index in [2.05, 4.69) is 15.4 Å². The zero-order valence-corrected chi connectivity index (χ0v) is 16.3. The first-order valence-corrected chi connectivity index (χ1v) is 9.79. The van der Waals surface area contributed by atoms with E-state index in [4.69, 9.17) is 0 Å². The van der Waals surface area contributed by atoms with E-state index in [0.717, 1.165) is 16.6 Å². The Morgan fingerprint density at radius 3 is 2.86 bits per heavy atom. The molecule has 0 saturated carbocycles.